The van der Waals surface area contributed by atoms with Gasteiger partial charge in [0.05, 0.1) is 15.7 Å². The van der Waals surface area contributed by atoms with Crippen LogP contribution in [0.5, 0.6) is 0 Å². The van der Waals surface area contributed by atoms with Crippen molar-refractivity contribution >= 4 is 40.8 Å². The molecule has 6 nitrogen and oxygen atoms in total. The number of rotatable bonds is 5. The molecular formula is C20H17Cl2N3O3. The number of hydrogen-bond acceptors (Lipinski definition) is 4. The Morgan fingerprint density at radius 3 is 2.54 bits per heavy atom. The molecule has 0 aliphatic rings. The normalized spacial score (nSPS) is 10.7. The van der Waals surface area contributed by atoms with Crippen LogP contribution in [-0.2, 0) is 6.54 Å². The van der Waals surface area contributed by atoms with Crippen LogP contribution in [0.1, 0.15) is 23.0 Å². The number of nitrogens with one attached hydrogen (secondary N) is 1. The third kappa shape index (κ3) is 3.88. The first kappa shape index (κ1) is 19.9. The molecular weight excluding hydrogens is 401 g/mol. The maximum atomic E-state index is 12.6. The lowest BCUT2D eigenvalue weighted by Gasteiger charge is -2.20. The van der Waals surface area contributed by atoms with Crippen LogP contribution in [0.4, 0.5) is 11.6 Å². The molecule has 144 valence electrons. The summed E-state index contributed by atoms with van der Waals surface area (Å²) in [6, 6.07) is 11.5. The summed E-state index contributed by atoms with van der Waals surface area (Å²) < 4.78 is 1.70. The van der Waals surface area contributed by atoms with Crippen LogP contribution in [0.25, 0.3) is 11.3 Å². The van der Waals surface area contributed by atoms with Crippen LogP contribution < -0.4 is 10.7 Å². The summed E-state index contributed by atoms with van der Waals surface area (Å²) in [6.07, 6.45) is 0. The SMILES string of the molecule is CCn1c(Nc2cccc(C)n2)cc(=O)c(C(=O)O)c1-c1ccc(Cl)c(Cl)c1. The average molecular weight is 418 g/mol. The van der Waals surface area contributed by atoms with Gasteiger partial charge in [0.25, 0.3) is 0 Å². The highest BCUT2D eigenvalue weighted by atomic mass is 35.5. The number of halogens is 2. The number of benzene rings is 1. The number of nitrogens with zero attached hydrogens (tertiary/aromatic N) is 2. The number of aryl methyl sites for hydroxylation is 1. The van der Waals surface area contributed by atoms with Crippen molar-refractivity contribution in [2.24, 2.45) is 0 Å². The Morgan fingerprint density at radius 2 is 1.93 bits per heavy atom. The lowest BCUT2D eigenvalue weighted by molar-refractivity contribution is 0.0695. The van der Waals surface area contributed by atoms with Crippen molar-refractivity contribution in [1.29, 1.82) is 0 Å². The Kier molecular flexibility index (Phi) is 5.72. The zero-order valence-corrected chi connectivity index (χ0v) is 16.7. The number of carbonyl (C=O) groups is 1. The molecule has 1 aromatic carbocycles. The minimum Gasteiger partial charge on any atom is -0.477 e. The summed E-state index contributed by atoms with van der Waals surface area (Å²) in [6.45, 7) is 4.11. The van der Waals surface area contributed by atoms with Gasteiger partial charge in [0.15, 0.2) is 5.43 Å². The first-order valence-electron chi connectivity index (χ1n) is 8.49. The van der Waals surface area contributed by atoms with E-state index in [9.17, 15) is 14.7 Å². The standard InChI is InChI=1S/C20H17Cl2N3O3/c1-3-25-17(24-16-6-4-5-11(2)23-16)10-15(26)18(20(27)28)19(25)12-7-8-13(21)14(22)9-12/h4-10H,3H2,1-2H3,(H,23,24)(H,27,28). The van der Waals surface area contributed by atoms with E-state index < -0.39 is 11.4 Å². The molecule has 2 heterocycles. The summed E-state index contributed by atoms with van der Waals surface area (Å²) in [5, 5.41) is 13.4. The lowest BCUT2D eigenvalue weighted by Crippen LogP contribution is -2.22. The van der Waals surface area contributed by atoms with Crippen LogP contribution in [0.3, 0.4) is 0 Å². The zero-order valence-electron chi connectivity index (χ0n) is 15.2. The number of hydrogen-bond donors (Lipinski definition) is 2. The van der Waals surface area contributed by atoms with Crippen molar-refractivity contribution in [3.05, 3.63) is 74.0 Å². The molecule has 0 atom stereocenters. The number of aromatic carboxylic acids is 1. The first-order valence-corrected chi connectivity index (χ1v) is 9.24. The molecule has 0 unspecified atom stereocenters. The molecule has 0 saturated heterocycles. The maximum Gasteiger partial charge on any atom is 0.341 e. The fourth-order valence-electron chi connectivity index (χ4n) is 2.97. The van der Waals surface area contributed by atoms with E-state index in [2.05, 4.69) is 10.3 Å². The summed E-state index contributed by atoms with van der Waals surface area (Å²) in [7, 11) is 0. The predicted molar refractivity (Wildman–Crippen MR) is 111 cm³/mol. The quantitative estimate of drug-likeness (QED) is 0.610. The molecule has 0 aliphatic heterocycles. The molecule has 0 spiro atoms. The Bertz CT molecular complexity index is 1130. The molecule has 2 aromatic heterocycles. The van der Waals surface area contributed by atoms with E-state index in [0.29, 0.717) is 28.8 Å². The van der Waals surface area contributed by atoms with E-state index in [1.54, 1.807) is 28.8 Å². The third-order valence-corrected chi connectivity index (χ3v) is 4.92. The summed E-state index contributed by atoms with van der Waals surface area (Å²) in [4.78, 5) is 28.9. The third-order valence-electron chi connectivity index (χ3n) is 4.18. The zero-order chi connectivity index (χ0) is 20.4. The van der Waals surface area contributed by atoms with Gasteiger partial charge in [-0.15, -0.1) is 0 Å². The summed E-state index contributed by atoms with van der Waals surface area (Å²) in [5.41, 5.74) is 0.585. The van der Waals surface area contributed by atoms with Gasteiger partial charge in [-0.2, -0.15) is 0 Å². The van der Waals surface area contributed by atoms with Crippen molar-refractivity contribution < 1.29 is 9.90 Å². The van der Waals surface area contributed by atoms with Crippen LogP contribution in [0.15, 0.2) is 47.3 Å². The average Bonchev–Trinajstić information content (AvgIpc) is 2.63. The van der Waals surface area contributed by atoms with Crippen molar-refractivity contribution in [3.8, 4) is 11.3 Å². The van der Waals surface area contributed by atoms with Gasteiger partial charge in [0.2, 0.25) is 0 Å². The smallest absolute Gasteiger partial charge is 0.341 e. The molecule has 3 aromatic rings. The fraction of sp³-hybridized carbons (Fsp3) is 0.150. The summed E-state index contributed by atoms with van der Waals surface area (Å²) in [5.74, 6) is -0.338. The van der Waals surface area contributed by atoms with E-state index in [0.717, 1.165) is 5.69 Å². The molecule has 28 heavy (non-hydrogen) atoms. The highest BCUT2D eigenvalue weighted by Crippen LogP contribution is 2.32. The second kappa shape index (κ2) is 8.04. The van der Waals surface area contributed by atoms with Crippen molar-refractivity contribution in [1.82, 2.24) is 9.55 Å². The molecule has 3 rings (SSSR count). The highest BCUT2D eigenvalue weighted by Gasteiger charge is 2.22. The topological polar surface area (TPSA) is 84.2 Å². The second-order valence-electron chi connectivity index (χ2n) is 6.08. The largest absolute Gasteiger partial charge is 0.477 e. The Balaban J connectivity index is 2.28. The van der Waals surface area contributed by atoms with E-state index in [-0.39, 0.29) is 16.3 Å². The van der Waals surface area contributed by atoms with Gasteiger partial charge in [-0.3, -0.25) is 4.79 Å². The molecule has 0 saturated carbocycles. The van der Waals surface area contributed by atoms with E-state index >= 15 is 0 Å². The fourth-order valence-corrected chi connectivity index (χ4v) is 3.27. The van der Waals surface area contributed by atoms with Crippen LogP contribution in [0, 0.1) is 6.92 Å². The van der Waals surface area contributed by atoms with Gasteiger partial charge in [0, 0.05) is 23.9 Å². The second-order valence-corrected chi connectivity index (χ2v) is 6.90. The molecule has 0 amide bonds. The monoisotopic (exact) mass is 417 g/mol. The molecule has 0 aliphatic carbocycles. The molecule has 8 heteroatoms. The molecule has 0 fully saturated rings. The van der Waals surface area contributed by atoms with Gasteiger partial charge >= 0.3 is 5.97 Å². The van der Waals surface area contributed by atoms with Crippen LogP contribution >= 0.6 is 23.2 Å². The Hall–Kier alpha value is -2.83. The van der Waals surface area contributed by atoms with Gasteiger partial charge in [-0.05, 0) is 38.1 Å². The first-order chi connectivity index (χ1) is 13.3. The highest BCUT2D eigenvalue weighted by molar-refractivity contribution is 6.42. The minimum atomic E-state index is -1.31. The number of anilines is 2. The number of carboxylic acid groups (broad SMARTS) is 1. The van der Waals surface area contributed by atoms with Gasteiger partial charge in [-0.25, -0.2) is 9.78 Å². The number of carboxylic acids is 1. The van der Waals surface area contributed by atoms with E-state index in [4.69, 9.17) is 23.2 Å². The Labute approximate surface area is 171 Å². The van der Waals surface area contributed by atoms with E-state index in [1.807, 2.05) is 26.0 Å². The van der Waals surface area contributed by atoms with Crippen molar-refractivity contribution in [2.75, 3.05) is 5.32 Å². The van der Waals surface area contributed by atoms with Crippen molar-refractivity contribution in [3.63, 3.8) is 0 Å². The number of pyridine rings is 2. The molecule has 0 radical (unpaired) electrons. The Morgan fingerprint density at radius 1 is 1.18 bits per heavy atom. The lowest BCUT2D eigenvalue weighted by atomic mass is 10.0. The van der Waals surface area contributed by atoms with E-state index in [1.165, 1.54) is 6.07 Å². The minimum absolute atomic E-state index is 0.246. The van der Waals surface area contributed by atoms with Gasteiger partial charge in [0.1, 0.15) is 17.2 Å². The van der Waals surface area contributed by atoms with Gasteiger partial charge in [-0.1, -0.05) is 35.3 Å². The van der Waals surface area contributed by atoms with Crippen LogP contribution in [-0.4, -0.2) is 20.6 Å². The maximum absolute atomic E-state index is 12.6. The number of aromatic nitrogens is 2. The van der Waals surface area contributed by atoms with Crippen molar-refractivity contribution in [2.45, 2.75) is 20.4 Å². The predicted octanol–water partition coefficient (Wildman–Crippen LogP) is 4.99. The van der Waals surface area contributed by atoms with Crippen LogP contribution in [0.2, 0.25) is 10.0 Å². The van der Waals surface area contributed by atoms with Gasteiger partial charge < -0.3 is 15.0 Å². The molecule has 2 N–H and O–H groups in total. The summed E-state index contributed by atoms with van der Waals surface area (Å²) >= 11 is 12.1. The molecule has 0 bridgehead atoms.